The van der Waals surface area contributed by atoms with Crippen molar-refractivity contribution in [3.05, 3.63) is 11.3 Å². The standard InChI is InChI=1S/C10H14F2N2O/c1-6-8(14-15-9(6)13)7-2-4-10(11,12)5-3-7/h7H,2-5,13H2,1H3. The quantitative estimate of drug-likeness (QED) is 0.785. The fourth-order valence-electron chi connectivity index (χ4n) is 2.06. The first-order valence-electron chi connectivity index (χ1n) is 5.09. The van der Waals surface area contributed by atoms with Crippen LogP contribution in [-0.4, -0.2) is 11.1 Å². The summed E-state index contributed by atoms with van der Waals surface area (Å²) in [5.41, 5.74) is 7.07. The summed E-state index contributed by atoms with van der Waals surface area (Å²) in [4.78, 5) is 0. The van der Waals surface area contributed by atoms with E-state index in [2.05, 4.69) is 5.16 Å². The van der Waals surface area contributed by atoms with Crippen LogP contribution >= 0.6 is 0 Å². The van der Waals surface area contributed by atoms with Crippen LogP contribution in [0.25, 0.3) is 0 Å². The molecule has 1 saturated carbocycles. The smallest absolute Gasteiger partial charge is 0.248 e. The van der Waals surface area contributed by atoms with Crippen molar-refractivity contribution >= 4 is 5.88 Å². The Labute approximate surface area is 86.6 Å². The van der Waals surface area contributed by atoms with E-state index in [0.717, 1.165) is 11.3 Å². The molecule has 0 amide bonds. The van der Waals surface area contributed by atoms with Gasteiger partial charge < -0.3 is 10.3 Å². The van der Waals surface area contributed by atoms with Crippen molar-refractivity contribution in [3.63, 3.8) is 0 Å². The number of alkyl halides is 2. The predicted molar refractivity (Wildman–Crippen MR) is 51.8 cm³/mol. The van der Waals surface area contributed by atoms with E-state index in [1.807, 2.05) is 6.92 Å². The summed E-state index contributed by atoms with van der Waals surface area (Å²) in [5, 5.41) is 3.84. The normalized spacial score (nSPS) is 21.8. The molecule has 1 fully saturated rings. The maximum absolute atomic E-state index is 12.9. The minimum Gasteiger partial charge on any atom is -0.367 e. The number of anilines is 1. The largest absolute Gasteiger partial charge is 0.367 e. The molecule has 0 aliphatic heterocycles. The summed E-state index contributed by atoms with van der Waals surface area (Å²) in [6.07, 6.45) is 0.785. The molecule has 1 aliphatic carbocycles. The second kappa shape index (κ2) is 3.47. The van der Waals surface area contributed by atoms with E-state index < -0.39 is 5.92 Å². The Morgan fingerprint density at radius 2 is 2.00 bits per heavy atom. The van der Waals surface area contributed by atoms with Crippen molar-refractivity contribution in [2.45, 2.75) is 44.4 Å². The summed E-state index contributed by atoms with van der Waals surface area (Å²) < 4.78 is 30.7. The molecule has 1 aromatic heterocycles. The summed E-state index contributed by atoms with van der Waals surface area (Å²) in [5.74, 6) is -2.13. The average Bonchev–Trinajstić information content (AvgIpc) is 2.49. The zero-order valence-corrected chi connectivity index (χ0v) is 8.59. The molecule has 15 heavy (non-hydrogen) atoms. The van der Waals surface area contributed by atoms with E-state index in [0.29, 0.717) is 18.7 Å². The maximum Gasteiger partial charge on any atom is 0.248 e. The molecule has 0 unspecified atom stereocenters. The number of nitrogen functional groups attached to an aromatic ring is 1. The van der Waals surface area contributed by atoms with Crippen LogP contribution in [0.2, 0.25) is 0 Å². The zero-order valence-electron chi connectivity index (χ0n) is 8.59. The Kier molecular flexibility index (Phi) is 2.40. The molecule has 3 nitrogen and oxygen atoms in total. The van der Waals surface area contributed by atoms with E-state index in [9.17, 15) is 8.78 Å². The van der Waals surface area contributed by atoms with Crippen molar-refractivity contribution in [1.29, 1.82) is 0 Å². The van der Waals surface area contributed by atoms with Crippen LogP contribution in [0.3, 0.4) is 0 Å². The minimum atomic E-state index is -2.50. The van der Waals surface area contributed by atoms with E-state index in [1.54, 1.807) is 0 Å². The van der Waals surface area contributed by atoms with Crippen LogP contribution in [0.15, 0.2) is 4.52 Å². The van der Waals surface area contributed by atoms with Gasteiger partial charge in [-0.05, 0) is 19.8 Å². The lowest BCUT2D eigenvalue weighted by molar-refractivity contribution is -0.0387. The summed E-state index contributed by atoms with van der Waals surface area (Å²) >= 11 is 0. The highest BCUT2D eigenvalue weighted by atomic mass is 19.3. The van der Waals surface area contributed by atoms with Gasteiger partial charge in [-0.2, -0.15) is 0 Å². The van der Waals surface area contributed by atoms with Crippen LogP contribution in [0, 0.1) is 6.92 Å². The van der Waals surface area contributed by atoms with Gasteiger partial charge in [0.1, 0.15) is 0 Å². The van der Waals surface area contributed by atoms with Crippen molar-refractivity contribution in [2.24, 2.45) is 0 Å². The molecule has 0 radical (unpaired) electrons. The van der Waals surface area contributed by atoms with Crippen LogP contribution in [0.1, 0.15) is 42.9 Å². The Morgan fingerprint density at radius 1 is 1.40 bits per heavy atom. The molecule has 0 spiro atoms. The van der Waals surface area contributed by atoms with E-state index in [-0.39, 0.29) is 18.8 Å². The first kappa shape index (κ1) is 10.4. The molecule has 0 saturated heterocycles. The molecule has 2 rings (SSSR count). The van der Waals surface area contributed by atoms with Gasteiger partial charge in [0.25, 0.3) is 0 Å². The van der Waals surface area contributed by atoms with E-state index in [1.165, 1.54) is 0 Å². The Bertz CT molecular complexity index is 352. The molecule has 0 atom stereocenters. The summed E-state index contributed by atoms with van der Waals surface area (Å²) in [7, 11) is 0. The third-order valence-corrected chi connectivity index (χ3v) is 3.10. The second-order valence-electron chi connectivity index (χ2n) is 4.19. The molecular formula is C10H14F2N2O. The lowest BCUT2D eigenvalue weighted by Gasteiger charge is -2.27. The average molecular weight is 216 g/mol. The van der Waals surface area contributed by atoms with Gasteiger partial charge in [0.15, 0.2) is 0 Å². The van der Waals surface area contributed by atoms with Gasteiger partial charge in [0.2, 0.25) is 11.8 Å². The maximum atomic E-state index is 12.9. The Hall–Kier alpha value is -1.13. The van der Waals surface area contributed by atoms with Crippen molar-refractivity contribution in [1.82, 2.24) is 5.16 Å². The van der Waals surface area contributed by atoms with E-state index in [4.69, 9.17) is 10.3 Å². The first-order chi connectivity index (χ1) is 6.99. The highest BCUT2D eigenvalue weighted by molar-refractivity contribution is 5.39. The summed E-state index contributed by atoms with van der Waals surface area (Å²) in [6.45, 7) is 1.81. The van der Waals surface area contributed by atoms with Gasteiger partial charge >= 0.3 is 0 Å². The fraction of sp³-hybridized carbons (Fsp3) is 0.700. The van der Waals surface area contributed by atoms with E-state index >= 15 is 0 Å². The van der Waals surface area contributed by atoms with Crippen molar-refractivity contribution < 1.29 is 13.3 Å². The van der Waals surface area contributed by atoms with Crippen LogP contribution < -0.4 is 5.73 Å². The summed E-state index contributed by atoms with van der Waals surface area (Å²) in [6, 6.07) is 0. The fourth-order valence-corrected chi connectivity index (χ4v) is 2.06. The highest BCUT2D eigenvalue weighted by Gasteiger charge is 2.36. The molecule has 1 heterocycles. The number of nitrogens with zero attached hydrogens (tertiary/aromatic N) is 1. The number of nitrogens with two attached hydrogens (primary N) is 1. The van der Waals surface area contributed by atoms with Crippen LogP contribution in [0.5, 0.6) is 0 Å². The van der Waals surface area contributed by atoms with Gasteiger partial charge in [-0.25, -0.2) is 8.78 Å². The predicted octanol–water partition coefficient (Wildman–Crippen LogP) is 2.86. The number of aromatic nitrogens is 1. The lowest BCUT2D eigenvalue weighted by Crippen LogP contribution is -2.24. The molecule has 2 N–H and O–H groups in total. The van der Waals surface area contributed by atoms with Crippen molar-refractivity contribution in [2.75, 3.05) is 5.73 Å². The van der Waals surface area contributed by atoms with Gasteiger partial charge in [-0.15, -0.1) is 0 Å². The van der Waals surface area contributed by atoms with Gasteiger partial charge in [0.05, 0.1) is 5.69 Å². The highest BCUT2D eigenvalue weighted by Crippen LogP contribution is 2.41. The van der Waals surface area contributed by atoms with Gasteiger partial charge in [-0.1, -0.05) is 5.16 Å². The van der Waals surface area contributed by atoms with Crippen LogP contribution in [0.4, 0.5) is 14.7 Å². The SMILES string of the molecule is Cc1c(C2CCC(F)(F)CC2)noc1N. The topological polar surface area (TPSA) is 52.0 Å². The monoisotopic (exact) mass is 216 g/mol. The first-order valence-corrected chi connectivity index (χ1v) is 5.09. The number of hydrogen-bond acceptors (Lipinski definition) is 3. The third-order valence-electron chi connectivity index (χ3n) is 3.10. The Morgan fingerprint density at radius 3 is 2.47 bits per heavy atom. The lowest BCUT2D eigenvalue weighted by atomic mass is 9.84. The second-order valence-corrected chi connectivity index (χ2v) is 4.19. The number of hydrogen-bond donors (Lipinski definition) is 1. The van der Waals surface area contributed by atoms with Crippen LogP contribution in [-0.2, 0) is 0 Å². The van der Waals surface area contributed by atoms with Gasteiger partial charge in [-0.3, -0.25) is 0 Å². The molecule has 84 valence electrons. The molecule has 0 aromatic carbocycles. The number of rotatable bonds is 1. The molecule has 5 heteroatoms. The Balaban J connectivity index is 2.11. The molecule has 1 aromatic rings. The molecule has 0 bridgehead atoms. The molecule has 1 aliphatic rings. The van der Waals surface area contributed by atoms with Gasteiger partial charge in [0, 0.05) is 24.3 Å². The third kappa shape index (κ3) is 1.96. The number of halogens is 2. The zero-order chi connectivity index (χ0) is 11.1. The minimum absolute atomic E-state index is 0.0656. The van der Waals surface area contributed by atoms with Crippen molar-refractivity contribution in [3.8, 4) is 0 Å². The molecular weight excluding hydrogens is 202 g/mol.